The number of anilines is 2. The molecule has 0 bridgehead atoms. The van der Waals surface area contributed by atoms with Crippen molar-refractivity contribution in [1.82, 2.24) is 0 Å². The van der Waals surface area contributed by atoms with Crippen molar-refractivity contribution in [3.63, 3.8) is 0 Å². The molecule has 23 heavy (non-hydrogen) atoms. The number of hydrogen-bond acceptors (Lipinski definition) is 3. The number of nitrogens with one attached hydrogen (secondary N) is 2. The quantitative estimate of drug-likeness (QED) is 0.761. The lowest BCUT2D eigenvalue weighted by Gasteiger charge is -2.10. The zero-order valence-corrected chi connectivity index (χ0v) is 13.3. The highest BCUT2D eigenvalue weighted by Crippen LogP contribution is 2.25. The number of hydrogen-bond donors (Lipinski definition) is 3. The highest BCUT2D eigenvalue weighted by molar-refractivity contribution is 6.33. The Morgan fingerprint density at radius 2 is 1.74 bits per heavy atom. The smallest absolute Gasteiger partial charge is 0.228 e. The molecule has 0 aliphatic rings. The predicted molar refractivity (Wildman–Crippen MR) is 92.5 cm³/mol. The molecule has 0 unspecified atom stereocenters. The van der Waals surface area contributed by atoms with Crippen LogP contribution in [0.2, 0.25) is 5.02 Å². The molecule has 2 aromatic rings. The van der Waals surface area contributed by atoms with E-state index in [1.54, 1.807) is 18.2 Å². The van der Waals surface area contributed by atoms with Crippen LogP contribution in [-0.4, -0.2) is 18.4 Å². The normalized spacial score (nSPS) is 10.2. The summed E-state index contributed by atoms with van der Waals surface area (Å²) in [6.45, 7) is 0.278. The van der Waals surface area contributed by atoms with Crippen molar-refractivity contribution >= 4 is 34.8 Å². The summed E-state index contributed by atoms with van der Waals surface area (Å²) in [5.74, 6) is -0.361. The summed E-state index contributed by atoms with van der Waals surface area (Å²) >= 11 is 6.09. The molecular weight excluding hydrogens is 314 g/mol. The van der Waals surface area contributed by atoms with E-state index >= 15 is 0 Å². The molecule has 0 aromatic heterocycles. The number of carbonyl (C=O) groups excluding carboxylic acids is 2. The van der Waals surface area contributed by atoms with E-state index in [4.69, 9.17) is 17.3 Å². The lowest BCUT2D eigenvalue weighted by molar-refractivity contribution is -0.116. The second-order valence-electron chi connectivity index (χ2n) is 4.99. The van der Waals surface area contributed by atoms with E-state index in [9.17, 15) is 9.59 Å². The Hall–Kier alpha value is -2.37. The summed E-state index contributed by atoms with van der Waals surface area (Å²) in [5.41, 5.74) is 7.26. The van der Waals surface area contributed by atoms with E-state index in [-0.39, 0.29) is 31.2 Å². The summed E-state index contributed by atoms with van der Waals surface area (Å²) in [5, 5.41) is 5.87. The van der Waals surface area contributed by atoms with E-state index in [2.05, 4.69) is 10.6 Å². The van der Waals surface area contributed by atoms with Crippen molar-refractivity contribution in [3.8, 4) is 0 Å². The number of benzene rings is 2. The second-order valence-corrected chi connectivity index (χ2v) is 5.40. The topological polar surface area (TPSA) is 84.2 Å². The Morgan fingerprint density at radius 1 is 1.00 bits per heavy atom. The van der Waals surface area contributed by atoms with Crippen LogP contribution in [0.5, 0.6) is 0 Å². The summed E-state index contributed by atoms with van der Waals surface area (Å²) in [4.78, 5) is 23.7. The van der Waals surface area contributed by atoms with Crippen molar-refractivity contribution in [3.05, 3.63) is 59.1 Å². The van der Waals surface area contributed by atoms with Gasteiger partial charge in [-0.25, -0.2) is 0 Å². The standard InChI is InChI=1S/C17H18ClN3O2/c18-14-7-6-13(20-16(22)8-9-19)11-15(14)21-17(23)10-12-4-2-1-3-5-12/h1-7,11H,8-10,19H2,(H,20,22)(H,21,23). The van der Waals surface area contributed by atoms with Crippen LogP contribution in [0.3, 0.4) is 0 Å². The summed E-state index contributed by atoms with van der Waals surface area (Å²) in [6, 6.07) is 14.3. The molecule has 0 heterocycles. The van der Waals surface area contributed by atoms with E-state index in [0.29, 0.717) is 16.4 Å². The SMILES string of the molecule is NCCC(=O)Nc1ccc(Cl)c(NC(=O)Cc2ccccc2)c1. The van der Waals surface area contributed by atoms with Crippen LogP contribution in [0.4, 0.5) is 11.4 Å². The third-order valence-electron chi connectivity index (χ3n) is 3.10. The molecule has 4 N–H and O–H groups in total. The first-order valence-electron chi connectivity index (χ1n) is 7.21. The first-order valence-corrected chi connectivity index (χ1v) is 7.59. The van der Waals surface area contributed by atoms with Crippen LogP contribution >= 0.6 is 11.6 Å². The summed E-state index contributed by atoms with van der Waals surface area (Å²) < 4.78 is 0. The van der Waals surface area contributed by atoms with Crippen molar-refractivity contribution in [2.45, 2.75) is 12.8 Å². The molecule has 0 saturated carbocycles. The minimum atomic E-state index is -0.184. The highest BCUT2D eigenvalue weighted by Gasteiger charge is 2.09. The molecule has 0 fully saturated rings. The van der Waals surface area contributed by atoms with Crippen LogP contribution in [0.1, 0.15) is 12.0 Å². The van der Waals surface area contributed by atoms with Gasteiger partial charge in [0.05, 0.1) is 17.1 Å². The zero-order valence-electron chi connectivity index (χ0n) is 12.5. The number of rotatable bonds is 6. The maximum Gasteiger partial charge on any atom is 0.228 e. The third kappa shape index (κ3) is 5.39. The second kappa shape index (κ2) is 8.31. The fourth-order valence-corrected chi connectivity index (χ4v) is 2.19. The zero-order chi connectivity index (χ0) is 16.7. The van der Waals surface area contributed by atoms with Gasteiger partial charge in [-0.15, -0.1) is 0 Å². The molecule has 0 aliphatic carbocycles. The summed E-state index contributed by atoms with van der Waals surface area (Å²) in [6.07, 6.45) is 0.485. The van der Waals surface area contributed by atoms with Crippen LogP contribution in [0.25, 0.3) is 0 Å². The average molecular weight is 332 g/mol. The van der Waals surface area contributed by atoms with Gasteiger partial charge in [0, 0.05) is 18.7 Å². The van der Waals surface area contributed by atoms with Gasteiger partial charge in [-0.1, -0.05) is 41.9 Å². The predicted octanol–water partition coefficient (Wildman–Crippen LogP) is 2.81. The van der Waals surface area contributed by atoms with Gasteiger partial charge in [-0.05, 0) is 23.8 Å². The molecule has 5 nitrogen and oxygen atoms in total. The van der Waals surface area contributed by atoms with Crippen molar-refractivity contribution in [2.75, 3.05) is 17.2 Å². The van der Waals surface area contributed by atoms with Gasteiger partial charge in [-0.2, -0.15) is 0 Å². The number of halogens is 1. The van der Waals surface area contributed by atoms with E-state index < -0.39 is 0 Å². The van der Waals surface area contributed by atoms with E-state index in [1.165, 1.54) is 0 Å². The molecule has 0 radical (unpaired) electrons. The van der Waals surface area contributed by atoms with Crippen LogP contribution in [0, 0.1) is 0 Å². The molecule has 2 amide bonds. The average Bonchev–Trinajstić information content (AvgIpc) is 2.52. The van der Waals surface area contributed by atoms with Gasteiger partial charge in [0.15, 0.2) is 0 Å². The lowest BCUT2D eigenvalue weighted by Crippen LogP contribution is -2.17. The Balaban J connectivity index is 2.03. The molecule has 0 spiro atoms. The Bertz CT molecular complexity index is 689. The van der Waals surface area contributed by atoms with Crippen molar-refractivity contribution < 1.29 is 9.59 Å². The van der Waals surface area contributed by atoms with E-state index in [0.717, 1.165) is 5.56 Å². The van der Waals surface area contributed by atoms with Crippen molar-refractivity contribution in [1.29, 1.82) is 0 Å². The fourth-order valence-electron chi connectivity index (χ4n) is 2.03. The number of nitrogens with two attached hydrogens (primary N) is 1. The van der Waals surface area contributed by atoms with Gasteiger partial charge in [-0.3, -0.25) is 9.59 Å². The van der Waals surface area contributed by atoms with Gasteiger partial charge >= 0.3 is 0 Å². The minimum Gasteiger partial charge on any atom is -0.330 e. The lowest BCUT2D eigenvalue weighted by atomic mass is 10.1. The molecule has 6 heteroatoms. The molecule has 2 aromatic carbocycles. The Labute approximate surface area is 139 Å². The maximum atomic E-state index is 12.1. The molecule has 0 atom stereocenters. The van der Waals surface area contributed by atoms with Gasteiger partial charge in [0.1, 0.15) is 0 Å². The van der Waals surface area contributed by atoms with Crippen molar-refractivity contribution in [2.24, 2.45) is 5.73 Å². The Morgan fingerprint density at radius 3 is 2.43 bits per heavy atom. The fraction of sp³-hybridized carbons (Fsp3) is 0.176. The van der Waals surface area contributed by atoms with Crippen LogP contribution in [0.15, 0.2) is 48.5 Å². The van der Waals surface area contributed by atoms with Crippen LogP contribution in [-0.2, 0) is 16.0 Å². The maximum absolute atomic E-state index is 12.1. The largest absolute Gasteiger partial charge is 0.330 e. The third-order valence-corrected chi connectivity index (χ3v) is 3.43. The van der Waals surface area contributed by atoms with Gasteiger partial charge < -0.3 is 16.4 Å². The monoisotopic (exact) mass is 331 g/mol. The first kappa shape index (κ1) is 17.0. The molecule has 0 aliphatic heterocycles. The number of carbonyl (C=O) groups is 2. The first-order chi connectivity index (χ1) is 11.1. The minimum absolute atomic E-state index is 0.177. The van der Waals surface area contributed by atoms with Crippen LogP contribution < -0.4 is 16.4 Å². The molecule has 0 saturated heterocycles. The Kier molecular flexibility index (Phi) is 6.14. The van der Waals surface area contributed by atoms with Gasteiger partial charge in [0.25, 0.3) is 0 Å². The summed E-state index contributed by atoms with van der Waals surface area (Å²) in [7, 11) is 0. The number of amides is 2. The van der Waals surface area contributed by atoms with E-state index in [1.807, 2.05) is 30.3 Å². The molecule has 120 valence electrons. The molecular formula is C17H18ClN3O2. The molecule has 2 rings (SSSR count). The van der Waals surface area contributed by atoms with Gasteiger partial charge in [0.2, 0.25) is 11.8 Å². The highest BCUT2D eigenvalue weighted by atomic mass is 35.5.